The Morgan fingerprint density at radius 3 is 2.44 bits per heavy atom. The molecule has 7 heteroatoms. The fourth-order valence-electron chi connectivity index (χ4n) is 1.32. The van der Waals surface area contributed by atoms with Crippen LogP contribution in [0.15, 0.2) is 18.2 Å². The minimum absolute atomic E-state index is 0.0214. The molecule has 0 bridgehead atoms. The molecule has 0 aliphatic rings. The summed E-state index contributed by atoms with van der Waals surface area (Å²) in [6.45, 7) is 0.0214. The van der Waals surface area contributed by atoms with Crippen LogP contribution >= 0.6 is 0 Å². The molecule has 0 aromatic heterocycles. The van der Waals surface area contributed by atoms with Crippen LogP contribution in [0.3, 0.4) is 0 Å². The first-order chi connectivity index (χ1) is 8.31. The van der Waals surface area contributed by atoms with Crippen LogP contribution in [-0.4, -0.2) is 43.4 Å². The molecule has 0 saturated heterocycles. The Bertz CT molecular complexity index is 477. The smallest absolute Gasteiger partial charge is 0.274 e. The van der Waals surface area contributed by atoms with Gasteiger partial charge in [0.2, 0.25) is 5.91 Å². The lowest BCUT2D eigenvalue weighted by Crippen LogP contribution is -2.34. The molecule has 0 spiro atoms. The van der Waals surface area contributed by atoms with Gasteiger partial charge in [0.15, 0.2) is 0 Å². The number of non-ortho nitro benzene ring substituents is 1. The third kappa shape index (κ3) is 3.41. The van der Waals surface area contributed by atoms with Gasteiger partial charge in [0, 0.05) is 32.9 Å². The van der Waals surface area contributed by atoms with Crippen molar-refractivity contribution in [1.29, 1.82) is 0 Å². The number of amides is 1. The Balaban J connectivity index is 2.95. The number of nitro benzene ring substituents is 1. The van der Waals surface area contributed by atoms with E-state index in [0.717, 1.165) is 12.1 Å². The van der Waals surface area contributed by atoms with E-state index < -0.39 is 10.7 Å². The third-order valence-corrected chi connectivity index (χ3v) is 2.39. The molecule has 1 amide bonds. The molecule has 1 aromatic rings. The number of hydrogen-bond acceptors (Lipinski definition) is 4. The number of benzene rings is 1. The summed E-state index contributed by atoms with van der Waals surface area (Å²) < 4.78 is 13.2. The average molecular weight is 255 g/mol. The van der Waals surface area contributed by atoms with Crippen LogP contribution in [0.4, 0.5) is 15.8 Å². The molecule has 0 fully saturated rings. The van der Waals surface area contributed by atoms with Gasteiger partial charge in [0.25, 0.3) is 5.69 Å². The molecule has 18 heavy (non-hydrogen) atoms. The van der Waals surface area contributed by atoms with Crippen LogP contribution in [-0.2, 0) is 4.79 Å². The van der Waals surface area contributed by atoms with Crippen molar-refractivity contribution in [2.45, 2.75) is 0 Å². The molecule has 6 nitrogen and oxygen atoms in total. The molecular weight excluding hydrogens is 241 g/mol. The van der Waals surface area contributed by atoms with E-state index in [9.17, 15) is 19.3 Å². The fraction of sp³-hybridized carbons (Fsp3) is 0.364. The lowest BCUT2D eigenvalue weighted by molar-refractivity contribution is -0.385. The van der Waals surface area contributed by atoms with Gasteiger partial charge in [-0.1, -0.05) is 0 Å². The minimum atomic E-state index is -0.705. The zero-order chi connectivity index (χ0) is 13.9. The maximum Gasteiger partial charge on any atom is 0.274 e. The topological polar surface area (TPSA) is 66.7 Å². The minimum Gasteiger partial charge on any atom is -0.365 e. The summed E-state index contributed by atoms with van der Waals surface area (Å²) in [5.41, 5.74) is -0.0500. The SMILES string of the molecule is CN(C)C(=O)CN(C)c1cc(F)cc([N+](=O)[O-])c1. The van der Waals surface area contributed by atoms with E-state index in [0.29, 0.717) is 0 Å². The molecule has 0 radical (unpaired) electrons. The quantitative estimate of drug-likeness (QED) is 0.600. The average Bonchev–Trinajstić information content (AvgIpc) is 2.27. The number of rotatable bonds is 4. The number of nitrogens with zero attached hydrogens (tertiary/aromatic N) is 3. The van der Waals surface area contributed by atoms with Crippen molar-refractivity contribution >= 4 is 17.3 Å². The number of likely N-dealkylation sites (N-methyl/N-ethyl adjacent to an activating group) is 2. The molecule has 1 aromatic carbocycles. The number of carbonyl (C=O) groups excluding carboxylic acids is 1. The molecule has 0 unspecified atom stereocenters. The van der Waals surface area contributed by atoms with Gasteiger partial charge in [-0.05, 0) is 6.07 Å². The highest BCUT2D eigenvalue weighted by atomic mass is 19.1. The summed E-state index contributed by atoms with van der Waals surface area (Å²) in [6, 6.07) is 3.22. The Morgan fingerprint density at radius 2 is 1.94 bits per heavy atom. The van der Waals surface area contributed by atoms with Crippen molar-refractivity contribution in [2.24, 2.45) is 0 Å². The van der Waals surface area contributed by atoms with Crippen LogP contribution in [0.1, 0.15) is 0 Å². The van der Waals surface area contributed by atoms with Crippen molar-refractivity contribution in [3.63, 3.8) is 0 Å². The molecule has 98 valence electrons. The van der Waals surface area contributed by atoms with Gasteiger partial charge < -0.3 is 9.80 Å². The van der Waals surface area contributed by atoms with Crippen molar-refractivity contribution < 1.29 is 14.1 Å². The molecule has 0 atom stereocenters. The van der Waals surface area contributed by atoms with Gasteiger partial charge in [-0.2, -0.15) is 0 Å². The van der Waals surface area contributed by atoms with Crippen LogP contribution in [0, 0.1) is 15.9 Å². The van der Waals surface area contributed by atoms with Crippen LogP contribution in [0.2, 0.25) is 0 Å². The Hall–Kier alpha value is -2.18. The number of nitro groups is 1. The van der Waals surface area contributed by atoms with Crippen LogP contribution < -0.4 is 4.90 Å². The zero-order valence-electron chi connectivity index (χ0n) is 10.4. The van der Waals surface area contributed by atoms with E-state index in [1.54, 1.807) is 21.1 Å². The predicted molar refractivity (Wildman–Crippen MR) is 65.0 cm³/mol. The lowest BCUT2D eigenvalue weighted by Gasteiger charge is -2.20. The number of hydrogen-bond donors (Lipinski definition) is 0. The van der Waals surface area contributed by atoms with E-state index in [2.05, 4.69) is 0 Å². The first-order valence-corrected chi connectivity index (χ1v) is 5.17. The van der Waals surface area contributed by atoms with E-state index >= 15 is 0 Å². The van der Waals surface area contributed by atoms with E-state index in [1.807, 2.05) is 0 Å². The summed E-state index contributed by atoms with van der Waals surface area (Å²) >= 11 is 0. The molecule has 0 aliphatic carbocycles. The fourth-order valence-corrected chi connectivity index (χ4v) is 1.32. The second kappa shape index (κ2) is 5.44. The second-order valence-electron chi connectivity index (χ2n) is 4.07. The standard InChI is InChI=1S/C11H14FN3O3/c1-13(2)11(16)7-14(3)9-4-8(12)5-10(6-9)15(17)18/h4-6H,7H2,1-3H3. The highest BCUT2D eigenvalue weighted by Gasteiger charge is 2.14. The second-order valence-corrected chi connectivity index (χ2v) is 4.07. The largest absolute Gasteiger partial charge is 0.365 e. The molecular formula is C11H14FN3O3. The third-order valence-electron chi connectivity index (χ3n) is 2.39. The molecule has 1 rings (SSSR count). The summed E-state index contributed by atoms with van der Waals surface area (Å²) in [4.78, 5) is 24.3. The monoisotopic (exact) mass is 255 g/mol. The maximum absolute atomic E-state index is 13.2. The first kappa shape index (κ1) is 13.9. The van der Waals surface area contributed by atoms with Gasteiger partial charge in [0.1, 0.15) is 5.82 Å². The van der Waals surface area contributed by atoms with Gasteiger partial charge in [0.05, 0.1) is 17.5 Å². The van der Waals surface area contributed by atoms with Crippen molar-refractivity contribution in [1.82, 2.24) is 4.90 Å². The highest BCUT2D eigenvalue weighted by molar-refractivity contribution is 5.81. The maximum atomic E-state index is 13.2. The lowest BCUT2D eigenvalue weighted by atomic mass is 10.2. The summed E-state index contributed by atoms with van der Waals surface area (Å²) in [5.74, 6) is -0.882. The summed E-state index contributed by atoms with van der Waals surface area (Å²) in [6.07, 6.45) is 0. The van der Waals surface area contributed by atoms with Crippen molar-refractivity contribution in [3.8, 4) is 0 Å². The predicted octanol–water partition coefficient (Wildman–Crippen LogP) is 1.26. The summed E-state index contributed by atoms with van der Waals surface area (Å²) in [5, 5.41) is 10.6. The summed E-state index contributed by atoms with van der Waals surface area (Å²) in [7, 11) is 4.77. The molecule has 0 N–H and O–H groups in total. The Morgan fingerprint density at radius 1 is 1.33 bits per heavy atom. The van der Waals surface area contributed by atoms with Gasteiger partial charge in [-0.15, -0.1) is 0 Å². The van der Waals surface area contributed by atoms with E-state index in [-0.39, 0.29) is 23.8 Å². The van der Waals surface area contributed by atoms with Gasteiger partial charge in [-0.25, -0.2) is 4.39 Å². The zero-order valence-corrected chi connectivity index (χ0v) is 10.4. The highest BCUT2D eigenvalue weighted by Crippen LogP contribution is 2.22. The normalized spacial score (nSPS) is 10.0. The van der Waals surface area contributed by atoms with Crippen LogP contribution in [0.25, 0.3) is 0 Å². The Labute approximate surface area is 104 Å². The van der Waals surface area contributed by atoms with E-state index in [4.69, 9.17) is 0 Å². The molecule has 0 heterocycles. The number of carbonyl (C=O) groups is 1. The van der Waals surface area contributed by atoms with Gasteiger partial charge >= 0.3 is 0 Å². The van der Waals surface area contributed by atoms with Crippen molar-refractivity contribution in [3.05, 3.63) is 34.1 Å². The van der Waals surface area contributed by atoms with E-state index in [1.165, 1.54) is 15.9 Å². The van der Waals surface area contributed by atoms with Crippen LogP contribution in [0.5, 0.6) is 0 Å². The number of anilines is 1. The molecule has 0 aliphatic heterocycles. The number of halogens is 1. The van der Waals surface area contributed by atoms with Gasteiger partial charge in [-0.3, -0.25) is 14.9 Å². The Kier molecular flexibility index (Phi) is 4.19. The first-order valence-electron chi connectivity index (χ1n) is 5.17. The van der Waals surface area contributed by atoms with Crippen molar-refractivity contribution in [2.75, 3.05) is 32.6 Å². The molecule has 0 saturated carbocycles.